The number of hydrogen-bond donors (Lipinski definition) is 3. The van der Waals surface area contributed by atoms with Crippen LogP contribution < -0.4 is 0 Å². The molecule has 3 N–H and O–H groups in total. The van der Waals surface area contributed by atoms with Crippen LogP contribution >= 0.6 is 15.6 Å². The molecule has 19 heteroatoms. The Morgan fingerprint density at radius 1 is 0.341 bits per heavy atom. The lowest BCUT2D eigenvalue weighted by Crippen LogP contribution is -2.30. The number of ether oxygens (including phenoxy) is 4. The number of phosphoric acid groups is 2. The fraction of sp³-hybridized carbons (Fsp3) is 0.939. The normalized spacial score (nSPS) is 14.6. The summed E-state index contributed by atoms with van der Waals surface area (Å²) in [6.07, 6.45) is 41.7. The molecule has 0 aromatic carbocycles. The van der Waals surface area contributed by atoms with Crippen molar-refractivity contribution >= 4 is 39.5 Å². The fourth-order valence-corrected chi connectivity index (χ4v) is 11.4. The Morgan fingerprint density at radius 2 is 0.600 bits per heavy atom. The minimum absolute atomic E-state index is 0.104. The van der Waals surface area contributed by atoms with E-state index in [2.05, 4.69) is 41.5 Å². The molecule has 0 aliphatic carbocycles. The van der Waals surface area contributed by atoms with Gasteiger partial charge in [0.15, 0.2) is 12.2 Å². The summed E-state index contributed by atoms with van der Waals surface area (Å²) in [5, 5.41) is 10.5. The molecule has 504 valence electrons. The molecule has 3 unspecified atom stereocenters. The molecular weight excluding hydrogens is 1130 g/mol. The second-order valence-electron chi connectivity index (χ2n) is 24.6. The molecule has 0 rings (SSSR count). The van der Waals surface area contributed by atoms with Crippen LogP contribution in [0, 0.1) is 11.8 Å². The van der Waals surface area contributed by atoms with Crippen molar-refractivity contribution in [2.24, 2.45) is 11.8 Å². The average Bonchev–Trinajstić information content (AvgIpc) is 3.62. The van der Waals surface area contributed by atoms with Gasteiger partial charge in [-0.15, -0.1) is 0 Å². The molecule has 0 bridgehead atoms. The maximum absolute atomic E-state index is 13.0. The van der Waals surface area contributed by atoms with Gasteiger partial charge in [-0.3, -0.25) is 37.3 Å². The predicted octanol–water partition coefficient (Wildman–Crippen LogP) is 18.4. The van der Waals surface area contributed by atoms with Crippen LogP contribution in [0.15, 0.2) is 0 Å². The highest BCUT2D eigenvalue weighted by atomic mass is 31.2. The molecule has 0 saturated heterocycles. The van der Waals surface area contributed by atoms with E-state index in [9.17, 15) is 43.2 Å². The van der Waals surface area contributed by atoms with E-state index < -0.39 is 97.5 Å². The molecule has 6 atom stereocenters. The Hall–Kier alpha value is -1.94. The molecule has 17 nitrogen and oxygen atoms in total. The first kappa shape index (κ1) is 83.1. The van der Waals surface area contributed by atoms with Crippen LogP contribution in [0.4, 0.5) is 0 Å². The zero-order chi connectivity index (χ0) is 62.9. The van der Waals surface area contributed by atoms with Gasteiger partial charge in [0.05, 0.1) is 26.4 Å². The summed E-state index contributed by atoms with van der Waals surface area (Å²) in [4.78, 5) is 72.2. The number of hydrogen-bond acceptors (Lipinski definition) is 15. The number of unbranched alkanes of at least 4 members (excludes halogenated alkanes) is 34. The number of carbonyl (C=O) groups is 4. The zero-order valence-corrected chi connectivity index (χ0v) is 56.7. The number of rotatable bonds is 65. The molecular formula is C66H128O17P2. The summed E-state index contributed by atoms with van der Waals surface area (Å²) in [7, 11) is -9.89. The van der Waals surface area contributed by atoms with Gasteiger partial charge in [0, 0.05) is 25.7 Å². The first-order valence-electron chi connectivity index (χ1n) is 34.5. The lowest BCUT2D eigenvalue weighted by Gasteiger charge is -2.21. The van der Waals surface area contributed by atoms with Crippen LogP contribution in [0.1, 0.15) is 330 Å². The van der Waals surface area contributed by atoms with Crippen molar-refractivity contribution in [1.82, 2.24) is 0 Å². The van der Waals surface area contributed by atoms with E-state index in [1.54, 1.807) is 0 Å². The Labute approximate surface area is 517 Å². The minimum atomic E-state index is -4.95. The highest BCUT2D eigenvalue weighted by molar-refractivity contribution is 7.47. The quantitative estimate of drug-likeness (QED) is 0.0222. The van der Waals surface area contributed by atoms with Gasteiger partial charge in [0.25, 0.3) is 0 Å². The Balaban J connectivity index is 5.22. The molecule has 0 aromatic rings. The van der Waals surface area contributed by atoms with E-state index in [0.29, 0.717) is 25.7 Å². The van der Waals surface area contributed by atoms with E-state index in [4.69, 9.17) is 37.0 Å². The monoisotopic (exact) mass is 1250 g/mol. The third-order valence-corrected chi connectivity index (χ3v) is 17.5. The summed E-state index contributed by atoms with van der Waals surface area (Å²) in [5.41, 5.74) is 0. The minimum Gasteiger partial charge on any atom is -0.462 e. The number of phosphoric ester groups is 2. The Kier molecular flexibility index (Phi) is 57.1. The molecule has 0 aromatic heterocycles. The van der Waals surface area contributed by atoms with E-state index in [1.807, 2.05) is 0 Å². The van der Waals surface area contributed by atoms with Crippen LogP contribution in [0.5, 0.6) is 0 Å². The van der Waals surface area contributed by atoms with Gasteiger partial charge in [0.1, 0.15) is 19.3 Å². The first-order chi connectivity index (χ1) is 40.9. The topological polar surface area (TPSA) is 237 Å². The SMILES string of the molecule is CCCCCCCCCCCCCCCC(=O)OC[C@H](COP(=O)(O)OC[C@@H](O)COP(=O)(O)OC[C@@H](COC(=O)CCCCCCCCC)OC(=O)CCCCCCCCCCC(C)CC)OC(=O)CCCCCCCCCCCCC(C)C. The van der Waals surface area contributed by atoms with Crippen LogP contribution in [0.3, 0.4) is 0 Å². The summed E-state index contributed by atoms with van der Waals surface area (Å²) in [6, 6.07) is 0. The lowest BCUT2D eigenvalue weighted by molar-refractivity contribution is -0.161. The zero-order valence-electron chi connectivity index (χ0n) is 54.9. The molecule has 0 fully saturated rings. The van der Waals surface area contributed by atoms with E-state index >= 15 is 0 Å². The predicted molar refractivity (Wildman–Crippen MR) is 340 cm³/mol. The number of aliphatic hydroxyl groups is 1. The Morgan fingerprint density at radius 3 is 0.894 bits per heavy atom. The average molecular weight is 1260 g/mol. The maximum atomic E-state index is 13.0. The van der Waals surface area contributed by atoms with Crippen molar-refractivity contribution in [2.45, 2.75) is 349 Å². The van der Waals surface area contributed by atoms with Gasteiger partial charge in [-0.05, 0) is 37.5 Å². The van der Waals surface area contributed by atoms with E-state index in [-0.39, 0.29) is 25.7 Å². The summed E-state index contributed by atoms with van der Waals surface area (Å²) >= 11 is 0. The van der Waals surface area contributed by atoms with Crippen LogP contribution in [-0.2, 0) is 65.4 Å². The van der Waals surface area contributed by atoms with Crippen LogP contribution in [0.2, 0.25) is 0 Å². The molecule has 0 amide bonds. The van der Waals surface area contributed by atoms with Gasteiger partial charge in [-0.25, -0.2) is 9.13 Å². The first-order valence-corrected chi connectivity index (χ1v) is 37.5. The molecule has 0 spiro atoms. The molecule has 0 heterocycles. The third-order valence-electron chi connectivity index (χ3n) is 15.6. The number of carbonyl (C=O) groups excluding carboxylic acids is 4. The van der Waals surface area contributed by atoms with Crippen LogP contribution in [-0.4, -0.2) is 96.7 Å². The highest BCUT2D eigenvalue weighted by Gasteiger charge is 2.30. The maximum Gasteiger partial charge on any atom is 0.472 e. The van der Waals surface area contributed by atoms with Crippen molar-refractivity contribution in [3.8, 4) is 0 Å². The van der Waals surface area contributed by atoms with Gasteiger partial charge >= 0.3 is 39.5 Å². The fourth-order valence-electron chi connectivity index (χ4n) is 9.85. The third kappa shape index (κ3) is 59.5. The van der Waals surface area contributed by atoms with Crippen LogP contribution in [0.25, 0.3) is 0 Å². The second-order valence-corrected chi connectivity index (χ2v) is 27.5. The van der Waals surface area contributed by atoms with E-state index in [1.165, 1.54) is 135 Å². The molecule has 0 radical (unpaired) electrons. The Bertz CT molecular complexity index is 1670. The number of esters is 4. The van der Waals surface area contributed by atoms with E-state index in [0.717, 1.165) is 115 Å². The van der Waals surface area contributed by atoms with Crippen molar-refractivity contribution in [3.05, 3.63) is 0 Å². The molecule has 0 aliphatic rings. The summed E-state index contributed by atoms with van der Waals surface area (Å²) in [6.45, 7) is 9.46. The summed E-state index contributed by atoms with van der Waals surface area (Å²) < 4.78 is 68.0. The summed E-state index contributed by atoms with van der Waals surface area (Å²) in [5.74, 6) is -0.613. The van der Waals surface area contributed by atoms with Crippen molar-refractivity contribution in [1.29, 1.82) is 0 Å². The van der Waals surface area contributed by atoms with Gasteiger partial charge in [0.2, 0.25) is 0 Å². The smallest absolute Gasteiger partial charge is 0.462 e. The van der Waals surface area contributed by atoms with Gasteiger partial charge < -0.3 is 33.8 Å². The van der Waals surface area contributed by atoms with Gasteiger partial charge in [-0.1, -0.05) is 279 Å². The molecule has 85 heavy (non-hydrogen) atoms. The molecule has 0 aliphatic heterocycles. The highest BCUT2D eigenvalue weighted by Crippen LogP contribution is 2.45. The molecule has 0 saturated carbocycles. The number of aliphatic hydroxyl groups excluding tert-OH is 1. The van der Waals surface area contributed by atoms with Crippen molar-refractivity contribution in [3.63, 3.8) is 0 Å². The largest absolute Gasteiger partial charge is 0.472 e. The lowest BCUT2D eigenvalue weighted by atomic mass is 9.99. The van der Waals surface area contributed by atoms with Crippen molar-refractivity contribution < 1.29 is 80.2 Å². The van der Waals surface area contributed by atoms with Gasteiger partial charge in [-0.2, -0.15) is 0 Å². The standard InChI is InChI=1S/C66H128O17P2/c1-7-10-12-14-16-17-18-19-20-24-31-37-43-49-64(69)77-55-62(82-65(70)50-44-38-32-25-22-21-23-29-34-40-46-58(4)5)57-81-85(74,75)79-53-60(67)52-78-84(72,73)80-56-61(54-76-63(68)48-42-36-28-15-13-11-8-2)83-66(71)51-45-39-33-27-26-30-35-41-47-59(6)9-3/h58-62,67H,7-57H2,1-6H3,(H,72,73)(H,74,75)/t59?,60-,61+,62+/m0/s1. The van der Waals surface area contributed by atoms with Crippen molar-refractivity contribution in [2.75, 3.05) is 39.6 Å². The second kappa shape index (κ2) is 58.4.